The van der Waals surface area contributed by atoms with Crippen LogP contribution in [0.2, 0.25) is 0 Å². The Morgan fingerprint density at radius 1 is 1.33 bits per heavy atom. The number of nitrogens with zero attached hydrogens (tertiary/aromatic N) is 2. The number of rotatable bonds is 6. The Morgan fingerprint density at radius 3 is 2.44 bits per heavy atom. The summed E-state index contributed by atoms with van der Waals surface area (Å²) in [5.74, 6) is 0. The Hall–Kier alpha value is -1.35. The first-order valence-corrected chi connectivity index (χ1v) is 6.46. The minimum atomic E-state index is 0.450. The van der Waals surface area contributed by atoms with Crippen LogP contribution in [0.3, 0.4) is 0 Å². The molecule has 0 amide bonds. The van der Waals surface area contributed by atoms with Gasteiger partial charge in [-0.2, -0.15) is 0 Å². The van der Waals surface area contributed by atoms with E-state index in [0.29, 0.717) is 6.04 Å². The average molecular weight is 248 g/mol. The predicted molar refractivity (Wildman–Crippen MR) is 77.6 cm³/mol. The highest BCUT2D eigenvalue weighted by Gasteiger charge is 2.15. The Balaban J connectivity index is 2.97. The quantitative estimate of drug-likeness (QED) is 0.723. The largest absolute Gasteiger partial charge is 0.368 e. The van der Waals surface area contributed by atoms with Gasteiger partial charge < -0.3 is 9.80 Å². The zero-order valence-corrected chi connectivity index (χ0v) is 12.1. The van der Waals surface area contributed by atoms with Crippen LogP contribution in [0.15, 0.2) is 18.2 Å². The average Bonchev–Trinajstić information content (AvgIpc) is 2.31. The first-order chi connectivity index (χ1) is 8.49. The molecule has 0 saturated carbocycles. The fraction of sp³-hybridized carbons (Fsp3) is 0.533. The van der Waals surface area contributed by atoms with Gasteiger partial charge in [0.1, 0.15) is 6.29 Å². The molecule has 1 aromatic rings. The highest BCUT2D eigenvalue weighted by atomic mass is 16.1. The van der Waals surface area contributed by atoms with Crippen LogP contribution < -0.4 is 4.90 Å². The van der Waals surface area contributed by atoms with Gasteiger partial charge in [0, 0.05) is 30.4 Å². The first-order valence-electron chi connectivity index (χ1n) is 6.46. The lowest BCUT2D eigenvalue weighted by molar-refractivity contribution is 0.112. The zero-order valence-electron chi connectivity index (χ0n) is 12.1. The van der Waals surface area contributed by atoms with E-state index in [-0.39, 0.29) is 0 Å². The third kappa shape index (κ3) is 3.57. The summed E-state index contributed by atoms with van der Waals surface area (Å²) in [6, 6.07) is 6.34. The maximum Gasteiger partial charge on any atom is 0.150 e. The van der Waals surface area contributed by atoms with Crippen LogP contribution in [0.25, 0.3) is 0 Å². The van der Waals surface area contributed by atoms with E-state index in [9.17, 15) is 4.79 Å². The van der Waals surface area contributed by atoms with Crippen LogP contribution in [0.5, 0.6) is 0 Å². The molecule has 100 valence electrons. The molecule has 3 nitrogen and oxygen atoms in total. The number of aldehydes is 1. The fourth-order valence-electron chi connectivity index (χ4n) is 2.42. The number of anilines is 1. The van der Waals surface area contributed by atoms with Crippen molar-refractivity contribution < 1.29 is 4.79 Å². The molecule has 0 bridgehead atoms. The lowest BCUT2D eigenvalue weighted by Crippen LogP contribution is -2.40. The molecule has 0 fully saturated rings. The highest BCUT2D eigenvalue weighted by Crippen LogP contribution is 2.23. The SMILES string of the molecule is CCN(c1ccc(C=O)cc1C)C(C)CN(C)C. The summed E-state index contributed by atoms with van der Waals surface area (Å²) < 4.78 is 0. The summed E-state index contributed by atoms with van der Waals surface area (Å²) in [6.07, 6.45) is 0.899. The molecule has 0 radical (unpaired) electrons. The summed E-state index contributed by atoms with van der Waals surface area (Å²) in [5, 5.41) is 0. The topological polar surface area (TPSA) is 23.6 Å². The molecule has 1 aromatic carbocycles. The summed E-state index contributed by atoms with van der Waals surface area (Å²) in [6.45, 7) is 8.45. The lowest BCUT2D eigenvalue weighted by atomic mass is 10.1. The van der Waals surface area contributed by atoms with E-state index in [2.05, 4.69) is 50.7 Å². The molecule has 0 aliphatic carbocycles. The maximum atomic E-state index is 10.8. The molecule has 0 aromatic heterocycles. The van der Waals surface area contributed by atoms with Crippen LogP contribution in [0.4, 0.5) is 5.69 Å². The van der Waals surface area contributed by atoms with E-state index in [1.165, 1.54) is 5.69 Å². The molecule has 0 aliphatic rings. The third-order valence-corrected chi connectivity index (χ3v) is 3.17. The fourth-order valence-corrected chi connectivity index (χ4v) is 2.42. The number of carbonyl (C=O) groups is 1. The molecule has 1 rings (SSSR count). The zero-order chi connectivity index (χ0) is 13.7. The minimum Gasteiger partial charge on any atom is -0.368 e. The molecule has 0 aliphatic heterocycles. The van der Waals surface area contributed by atoms with Gasteiger partial charge in [0.25, 0.3) is 0 Å². The summed E-state index contributed by atoms with van der Waals surface area (Å²) in [5.41, 5.74) is 3.12. The van der Waals surface area contributed by atoms with Gasteiger partial charge in [-0.15, -0.1) is 0 Å². The lowest BCUT2D eigenvalue weighted by Gasteiger charge is -2.33. The number of likely N-dealkylation sites (N-methyl/N-ethyl adjacent to an activating group) is 2. The van der Waals surface area contributed by atoms with Crippen molar-refractivity contribution in [2.75, 3.05) is 32.1 Å². The van der Waals surface area contributed by atoms with E-state index in [0.717, 1.165) is 30.5 Å². The standard InChI is InChI=1S/C15H24N2O/c1-6-17(13(3)10-16(4)5)15-8-7-14(11-18)9-12(15)2/h7-9,11,13H,6,10H2,1-5H3. The van der Waals surface area contributed by atoms with Gasteiger partial charge in [-0.1, -0.05) is 0 Å². The Bertz CT molecular complexity index is 401. The Morgan fingerprint density at radius 2 is 2.00 bits per heavy atom. The normalized spacial score (nSPS) is 12.6. The van der Waals surface area contributed by atoms with Gasteiger partial charge in [0.15, 0.2) is 0 Å². The van der Waals surface area contributed by atoms with E-state index in [1.54, 1.807) is 0 Å². The van der Waals surface area contributed by atoms with Crippen molar-refractivity contribution in [2.45, 2.75) is 26.8 Å². The summed E-state index contributed by atoms with van der Waals surface area (Å²) in [7, 11) is 4.18. The van der Waals surface area contributed by atoms with Crippen molar-refractivity contribution in [3.63, 3.8) is 0 Å². The molecule has 3 heteroatoms. The van der Waals surface area contributed by atoms with Gasteiger partial charge in [0.2, 0.25) is 0 Å². The van der Waals surface area contributed by atoms with E-state index < -0.39 is 0 Å². The number of carbonyl (C=O) groups excluding carboxylic acids is 1. The van der Waals surface area contributed by atoms with E-state index in [1.807, 2.05) is 12.1 Å². The van der Waals surface area contributed by atoms with Gasteiger partial charge in [-0.3, -0.25) is 4.79 Å². The van der Waals surface area contributed by atoms with Crippen molar-refractivity contribution >= 4 is 12.0 Å². The van der Waals surface area contributed by atoms with Crippen LogP contribution in [0, 0.1) is 6.92 Å². The molecule has 0 heterocycles. The van der Waals surface area contributed by atoms with Gasteiger partial charge in [0.05, 0.1) is 0 Å². The monoisotopic (exact) mass is 248 g/mol. The third-order valence-electron chi connectivity index (χ3n) is 3.17. The van der Waals surface area contributed by atoms with Crippen molar-refractivity contribution in [1.29, 1.82) is 0 Å². The number of benzene rings is 1. The molecular formula is C15H24N2O. The molecule has 18 heavy (non-hydrogen) atoms. The smallest absolute Gasteiger partial charge is 0.150 e. The maximum absolute atomic E-state index is 10.8. The summed E-state index contributed by atoms with van der Waals surface area (Å²) in [4.78, 5) is 15.3. The second-order valence-corrected chi connectivity index (χ2v) is 5.06. The Kier molecular flexibility index (Phi) is 5.35. The van der Waals surface area contributed by atoms with E-state index >= 15 is 0 Å². The number of hydrogen-bond acceptors (Lipinski definition) is 3. The van der Waals surface area contributed by atoms with Gasteiger partial charge >= 0.3 is 0 Å². The van der Waals surface area contributed by atoms with Crippen LogP contribution >= 0.6 is 0 Å². The molecular weight excluding hydrogens is 224 g/mol. The van der Waals surface area contributed by atoms with E-state index in [4.69, 9.17) is 0 Å². The predicted octanol–water partition coefficient (Wildman–Crippen LogP) is 2.58. The van der Waals surface area contributed by atoms with Crippen molar-refractivity contribution in [3.8, 4) is 0 Å². The molecule has 0 saturated heterocycles. The van der Waals surface area contributed by atoms with Crippen molar-refractivity contribution in [3.05, 3.63) is 29.3 Å². The molecule has 0 spiro atoms. The van der Waals surface area contributed by atoms with Gasteiger partial charge in [-0.05, 0) is 58.6 Å². The first kappa shape index (κ1) is 14.7. The van der Waals surface area contributed by atoms with Crippen molar-refractivity contribution in [2.24, 2.45) is 0 Å². The second-order valence-electron chi connectivity index (χ2n) is 5.06. The molecule has 1 unspecified atom stereocenters. The van der Waals surface area contributed by atoms with Crippen LogP contribution in [-0.2, 0) is 0 Å². The van der Waals surface area contributed by atoms with Crippen LogP contribution in [-0.4, -0.2) is 44.4 Å². The van der Waals surface area contributed by atoms with Crippen LogP contribution in [0.1, 0.15) is 29.8 Å². The second kappa shape index (κ2) is 6.55. The summed E-state index contributed by atoms with van der Waals surface area (Å²) >= 11 is 0. The highest BCUT2D eigenvalue weighted by molar-refractivity contribution is 5.77. The minimum absolute atomic E-state index is 0.450. The number of hydrogen-bond donors (Lipinski definition) is 0. The molecule has 1 atom stereocenters. The molecule has 0 N–H and O–H groups in total. The van der Waals surface area contributed by atoms with Gasteiger partial charge in [-0.25, -0.2) is 0 Å². The number of aryl methyl sites for hydroxylation is 1. The van der Waals surface area contributed by atoms with Crippen molar-refractivity contribution in [1.82, 2.24) is 4.90 Å². The Labute approximate surface area is 110 Å².